The van der Waals surface area contributed by atoms with E-state index >= 15 is 0 Å². The SMILES string of the molecule is CN(CCOc1ccc(Cl)cc1)C(=O)Nc1ccn(C)n1. The van der Waals surface area contributed by atoms with Gasteiger partial charge >= 0.3 is 6.03 Å². The van der Waals surface area contributed by atoms with Crippen molar-refractivity contribution in [1.82, 2.24) is 14.7 Å². The maximum absolute atomic E-state index is 11.9. The van der Waals surface area contributed by atoms with Gasteiger partial charge in [-0.05, 0) is 24.3 Å². The van der Waals surface area contributed by atoms with E-state index in [1.165, 1.54) is 4.90 Å². The molecule has 7 heteroatoms. The van der Waals surface area contributed by atoms with Crippen LogP contribution in [0.25, 0.3) is 0 Å². The minimum absolute atomic E-state index is 0.228. The lowest BCUT2D eigenvalue weighted by molar-refractivity contribution is 0.207. The van der Waals surface area contributed by atoms with E-state index in [1.54, 1.807) is 55.3 Å². The Balaban J connectivity index is 1.74. The fourth-order valence-electron chi connectivity index (χ4n) is 1.62. The molecule has 0 saturated heterocycles. The second-order valence-corrected chi connectivity index (χ2v) is 4.97. The number of hydrogen-bond acceptors (Lipinski definition) is 3. The Hall–Kier alpha value is -2.21. The topological polar surface area (TPSA) is 59.4 Å². The third kappa shape index (κ3) is 4.68. The van der Waals surface area contributed by atoms with E-state index in [9.17, 15) is 4.79 Å². The summed E-state index contributed by atoms with van der Waals surface area (Å²) in [7, 11) is 3.49. The zero-order valence-electron chi connectivity index (χ0n) is 11.9. The van der Waals surface area contributed by atoms with Crippen LogP contribution >= 0.6 is 11.6 Å². The summed E-state index contributed by atoms with van der Waals surface area (Å²) >= 11 is 5.79. The summed E-state index contributed by atoms with van der Waals surface area (Å²) in [5.41, 5.74) is 0. The number of likely N-dealkylation sites (N-methyl/N-ethyl adjacent to an activating group) is 1. The summed E-state index contributed by atoms with van der Waals surface area (Å²) in [4.78, 5) is 13.4. The number of rotatable bonds is 5. The molecule has 2 amide bonds. The third-order valence-corrected chi connectivity index (χ3v) is 3.06. The molecule has 0 unspecified atom stereocenters. The Kier molecular flexibility index (Phi) is 5.05. The van der Waals surface area contributed by atoms with Crippen LogP contribution in [0.1, 0.15) is 0 Å². The summed E-state index contributed by atoms with van der Waals surface area (Å²) < 4.78 is 7.16. The maximum Gasteiger partial charge on any atom is 0.322 e. The maximum atomic E-state index is 11.9. The summed E-state index contributed by atoms with van der Waals surface area (Å²) in [6.45, 7) is 0.856. The van der Waals surface area contributed by atoms with Gasteiger partial charge < -0.3 is 9.64 Å². The molecule has 0 atom stereocenters. The van der Waals surface area contributed by atoms with Gasteiger partial charge in [-0.3, -0.25) is 10.00 Å². The Morgan fingerprint density at radius 3 is 2.71 bits per heavy atom. The Morgan fingerprint density at radius 1 is 1.38 bits per heavy atom. The van der Waals surface area contributed by atoms with E-state index in [0.717, 1.165) is 5.75 Å². The highest BCUT2D eigenvalue weighted by Gasteiger charge is 2.10. The highest BCUT2D eigenvalue weighted by Crippen LogP contribution is 2.15. The van der Waals surface area contributed by atoms with Crippen molar-refractivity contribution in [3.63, 3.8) is 0 Å². The summed E-state index contributed by atoms with van der Waals surface area (Å²) in [6, 6.07) is 8.60. The minimum atomic E-state index is -0.228. The van der Waals surface area contributed by atoms with Crippen LogP contribution in [-0.2, 0) is 7.05 Å². The molecule has 0 aliphatic heterocycles. The van der Waals surface area contributed by atoms with Crippen molar-refractivity contribution in [2.24, 2.45) is 7.05 Å². The lowest BCUT2D eigenvalue weighted by Gasteiger charge is -2.17. The molecule has 1 aromatic carbocycles. The van der Waals surface area contributed by atoms with E-state index in [4.69, 9.17) is 16.3 Å². The van der Waals surface area contributed by atoms with Crippen LogP contribution in [0, 0.1) is 0 Å². The van der Waals surface area contributed by atoms with E-state index in [2.05, 4.69) is 10.4 Å². The monoisotopic (exact) mass is 308 g/mol. The van der Waals surface area contributed by atoms with Gasteiger partial charge in [0.15, 0.2) is 5.82 Å². The molecule has 1 N–H and O–H groups in total. The number of aromatic nitrogens is 2. The molecule has 0 bridgehead atoms. The molecule has 112 valence electrons. The van der Waals surface area contributed by atoms with Gasteiger partial charge in [-0.2, -0.15) is 5.10 Å². The van der Waals surface area contributed by atoms with Gasteiger partial charge in [0.1, 0.15) is 12.4 Å². The lowest BCUT2D eigenvalue weighted by Crippen LogP contribution is -2.34. The number of amides is 2. The standard InChI is InChI=1S/C14H17ClN4O2/c1-18(14(20)16-13-7-8-19(2)17-13)9-10-21-12-5-3-11(15)4-6-12/h3-8H,9-10H2,1-2H3,(H,16,17,20). The first-order valence-corrected chi connectivity index (χ1v) is 6.82. The number of carbonyl (C=O) groups is 1. The molecule has 1 aromatic heterocycles. The van der Waals surface area contributed by atoms with E-state index < -0.39 is 0 Å². The molecule has 6 nitrogen and oxygen atoms in total. The number of aryl methyl sites for hydroxylation is 1. The van der Waals surface area contributed by atoms with E-state index in [-0.39, 0.29) is 6.03 Å². The minimum Gasteiger partial charge on any atom is -0.492 e. The lowest BCUT2D eigenvalue weighted by atomic mass is 10.3. The second kappa shape index (κ2) is 6.99. The van der Waals surface area contributed by atoms with Crippen LogP contribution in [0.4, 0.5) is 10.6 Å². The van der Waals surface area contributed by atoms with Crippen molar-refractivity contribution in [1.29, 1.82) is 0 Å². The largest absolute Gasteiger partial charge is 0.492 e. The van der Waals surface area contributed by atoms with Gasteiger partial charge in [-0.25, -0.2) is 4.79 Å². The Morgan fingerprint density at radius 2 is 2.10 bits per heavy atom. The van der Waals surface area contributed by atoms with Crippen LogP contribution in [-0.4, -0.2) is 40.9 Å². The summed E-state index contributed by atoms with van der Waals surface area (Å²) in [5.74, 6) is 1.24. The molecule has 0 saturated carbocycles. The first-order valence-electron chi connectivity index (χ1n) is 6.45. The van der Waals surface area contributed by atoms with E-state index in [1.807, 2.05) is 0 Å². The highest BCUT2D eigenvalue weighted by atomic mass is 35.5. The Labute approximate surface area is 128 Å². The molecular formula is C14H17ClN4O2. The molecule has 2 rings (SSSR count). The quantitative estimate of drug-likeness (QED) is 0.923. The van der Waals surface area contributed by atoms with Crippen LogP contribution < -0.4 is 10.1 Å². The predicted octanol–water partition coefficient (Wildman–Crippen LogP) is 2.62. The molecule has 2 aromatic rings. The smallest absolute Gasteiger partial charge is 0.322 e. The average molecular weight is 309 g/mol. The van der Waals surface area contributed by atoms with Gasteiger partial charge in [0.2, 0.25) is 0 Å². The number of hydrogen-bond donors (Lipinski definition) is 1. The van der Waals surface area contributed by atoms with Crippen molar-refractivity contribution in [2.75, 3.05) is 25.5 Å². The number of halogens is 1. The van der Waals surface area contributed by atoms with Gasteiger partial charge in [0.25, 0.3) is 0 Å². The van der Waals surface area contributed by atoms with Crippen molar-refractivity contribution < 1.29 is 9.53 Å². The molecular weight excluding hydrogens is 292 g/mol. The van der Waals surface area contributed by atoms with Crippen LogP contribution in [0.5, 0.6) is 5.75 Å². The number of anilines is 1. The fraction of sp³-hybridized carbons (Fsp3) is 0.286. The first-order chi connectivity index (χ1) is 10.0. The number of benzene rings is 1. The van der Waals surface area contributed by atoms with Crippen LogP contribution in [0.15, 0.2) is 36.5 Å². The number of nitrogens with zero attached hydrogens (tertiary/aromatic N) is 3. The van der Waals surface area contributed by atoms with Crippen molar-refractivity contribution in [3.05, 3.63) is 41.6 Å². The summed E-state index contributed by atoms with van der Waals surface area (Å²) in [5, 5.41) is 7.45. The third-order valence-electron chi connectivity index (χ3n) is 2.80. The molecule has 21 heavy (non-hydrogen) atoms. The molecule has 0 aliphatic rings. The van der Waals surface area contributed by atoms with Gasteiger partial charge in [-0.15, -0.1) is 0 Å². The predicted molar refractivity (Wildman–Crippen MR) is 81.8 cm³/mol. The van der Waals surface area contributed by atoms with Crippen molar-refractivity contribution in [3.8, 4) is 5.75 Å². The number of nitrogens with one attached hydrogen (secondary N) is 1. The van der Waals surface area contributed by atoms with Gasteiger partial charge in [-0.1, -0.05) is 11.6 Å². The number of carbonyl (C=O) groups excluding carboxylic acids is 1. The van der Waals surface area contributed by atoms with Crippen LogP contribution in [0.3, 0.4) is 0 Å². The normalized spacial score (nSPS) is 10.2. The highest BCUT2D eigenvalue weighted by molar-refractivity contribution is 6.30. The summed E-state index contributed by atoms with van der Waals surface area (Å²) in [6.07, 6.45) is 1.76. The van der Waals surface area contributed by atoms with E-state index in [0.29, 0.717) is 24.0 Å². The molecule has 0 radical (unpaired) electrons. The van der Waals surface area contributed by atoms with Crippen molar-refractivity contribution >= 4 is 23.4 Å². The number of ether oxygens (including phenoxy) is 1. The van der Waals surface area contributed by atoms with Gasteiger partial charge in [0.05, 0.1) is 6.54 Å². The second-order valence-electron chi connectivity index (χ2n) is 4.53. The molecule has 1 heterocycles. The molecule has 0 fully saturated rings. The first kappa shape index (κ1) is 15.2. The van der Waals surface area contributed by atoms with Gasteiger partial charge in [0, 0.05) is 31.4 Å². The molecule has 0 aliphatic carbocycles. The Bertz CT molecular complexity index is 597. The van der Waals surface area contributed by atoms with Crippen molar-refractivity contribution in [2.45, 2.75) is 0 Å². The number of urea groups is 1. The zero-order chi connectivity index (χ0) is 15.2. The molecule has 0 spiro atoms. The average Bonchev–Trinajstić information content (AvgIpc) is 2.86. The zero-order valence-corrected chi connectivity index (χ0v) is 12.7. The fourth-order valence-corrected chi connectivity index (χ4v) is 1.75. The van der Waals surface area contributed by atoms with Crippen LogP contribution in [0.2, 0.25) is 5.02 Å².